The lowest BCUT2D eigenvalue weighted by Crippen LogP contribution is -2.56. The van der Waals surface area contributed by atoms with Crippen molar-refractivity contribution in [1.82, 2.24) is 15.0 Å². The minimum Gasteiger partial charge on any atom is -0.377 e. The molecule has 1 saturated heterocycles. The molecule has 36 valence electrons. The Morgan fingerprint density at radius 3 is 2.14 bits per heavy atom. The van der Waals surface area contributed by atoms with Gasteiger partial charge in [-0.15, -0.1) is 0 Å². The van der Waals surface area contributed by atoms with Crippen LogP contribution in [0, 0.1) is 0 Å². The zero-order valence-electron chi connectivity index (χ0n) is 4.57. The monoisotopic (exact) mass is 95.1 g/mol. The molecule has 0 bridgehead atoms. The number of hydrogen-bond donors (Lipinski definition) is 2. The van der Waals surface area contributed by atoms with E-state index in [1.54, 1.807) is 0 Å². The topological polar surface area (TPSA) is 27.3 Å². The molecule has 0 aromatic carbocycles. The van der Waals surface area contributed by atoms with E-state index in [4.69, 9.17) is 0 Å². The highest BCUT2D eigenvalue weighted by Crippen LogP contribution is 1.69. The smallest absolute Gasteiger partial charge is 0.267 e. The summed E-state index contributed by atoms with van der Waals surface area (Å²) in [5.41, 5.74) is 0. The van der Waals surface area contributed by atoms with E-state index in [1.165, 1.54) is 0 Å². The first-order valence-electron chi connectivity index (χ1n) is 2.49. The SMILES string of the molecule is CN1BNBNB1. The number of rotatable bonds is 0. The molecule has 2 N–H and O–H groups in total. The Hall–Kier alpha value is 0.0748. The van der Waals surface area contributed by atoms with Crippen molar-refractivity contribution in [3.05, 3.63) is 0 Å². The summed E-state index contributed by atoms with van der Waals surface area (Å²) in [7, 11) is 5.03. The van der Waals surface area contributed by atoms with Gasteiger partial charge in [-0.25, -0.2) is 0 Å². The van der Waals surface area contributed by atoms with Gasteiger partial charge in [0.1, 0.15) is 0 Å². The standard InChI is InChI=1S/CH8B3N3/c1-7-3-5-2-6-4-7/h2-6H,1H3. The second-order valence-corrected chi connectivity index (χ2v) is 1.85. The van der Waals surface area contributed by atoms with Crippen molar-refractivity contribution in [3.63, 3.8) is 0 Å². The average Bonchev–Trinajstić information content (AvgIpc) is 1.69. The van der Waals surface area contributed by atoms with Gasteiger partial charge in [0.2, 0.25) is 0 Å². The molecular weight excluding hydrogens is 86.5 g/mol. The van der Waals surface area contributed by atoms with E-state index in [0.717, 1.165) is 22.6 Å². The Morgan fingerprint density at radius 1 is 1.29 bits per heavy atom. The third-order valence-corrected chi connectivity index (χ3v) is 1.01. The van der Waals surface area contributed by atoms with Crippen molar-refractivity contribution < 1.29 is 0 Å². The minimum atomic E-state index is 0.949. The fourth-order valence-electron chi connectivity index (χ4n) is 0.638. The van der Waals surface area contributed by atoms with Crippen molar-refractivity contribution >= 4 is 22.6 Å². The van der Waals surface area contributed by atoms with Crippen LogP contribution in [0.1, 0.15) is 0 Å². The first kappa shape index (κ1) is 5.22. The normalized spacial score (nSPS) is 21.9. The van der Waals surface area contributed by atoms with Crippen molar-refractivity contribution in [2.45, 2.75) is 0 Å². The van der Waals surface area contributed by atoms with Gasteiger partial charge < -0.3 is 15.0 Å². The van der Waals surface area contributed by atoms with E-state index in [-0.39, 0.29) is 0 Å². The fraction of sp³-hybridized carbons (Fsp3) is 1.00. The lowest BCUT2D eigenvalue weighted by molar-refractivity contribution is 0.812. The second-order valence-electron chi connectivity index (χ2n) is 1.85. The molecule has 1 heterocycles. The van der Waals surface area contributed by atoms with Crippen LogP contribution in [0.2, 0.25) is 0 Å². The summed E-state index contributed by atoms with van der Waals surface area (Å²) in [6, 6.07) is 0. The Labute approximate surface area is 45.7 Å². The molecule has 0 unspecified atom stereocenters. The summed E-state index contributed by atoms with van der Waals surface area (Å²) in [5, 5.41) is 6.30. The molecule has 6 heteroatoms. The maximum atomic E-state index is 3.15. The Morgan fingerprint density at radius 2 is 1.86 bits per heavy atom. The number of hydrogen-bond acceptors (Lipinski definition) is 3. The van der Waals surface area contributed by atoms with Gasteiger partial charge in [-0.05, 0) is 7.05 Å². The quantitative estimate of drug-likeness (QED) is 0.312. The van der Waals surface area contributed by atoms with E-state index < -0.39 is 0 Å². The maximum absolute atomic E-state index is 3.15. The molecular formula is CH8B3N3. The van der Waals surface area contributed by atoms with Gasteiger partial charge in [-0.3, -0.25) is 0 Å². The van der Waals surface area contributed by atoms with Crippen LogP contribution in [0.25, 0.3) is 0 Å². The van der Waals surface area contributed by atoms with Gasteiger partial charge in [-0.1, -0.05) is 0 Å². The van der Waals surface area contributed by atoms with E-state index in [0.29, 0.717) is 0 Å². The van der Waals surface area contributed by atoms with Crippen LogP contribution in [-0.4, -0.2) is 34.4 Å². The molecule has 3 nitrogen and oxygen atoms in total. The summed E-state index contributed by atoms with van der Waals surface area (Å²) in [4.78, 5) is 0. The molecule has 0 radical (unpaired) electrons. The third-order valence-electron chi connectivity index (χ3n) is 1.01. The summed E-state index contributed by atoms with van der Waals surface area (Å²) in [5.74, 6) is 0. The summed E-state index contributed by atoms with van der Waals surface area (Å²) in [6.07, 6.45) is 0. The average molecular weight is 94.5 g/mol. The Kier molecular flexibility index (Phi) is 1.79. The van der Waals surface area contributed by atoms with E-state index in [9.17, 15) is 0 Å². The van der Waals surface area contributed by atoms with E-state index in [1.807, 2.05) is 0 Å². The molecule has 0 atom stereocenters. The van der Waals surface area contributed by atoms with Crippen LogP contribution >= 0.6 is 0 Å². The van der Waals surface area contributed by atoms with Crippen LogP contribution in [0.15, 0.2) is 0 Å². The largest absolute Gasteiger partial charge is 0.377 e. The van der Waals surface area contributed by atoms with Crippen LogP contribution in [0.5, 0.6) is 0 Å². The highest BCUT2D eigenvalue weighted by molar-refractivity contribution is 6.65. The zero-order valence-corrected chi connectivity index (χ0v) is 4.57. The van der Waals surface area contributed by atoms with Gasteiger partial charge >= 0.3 is 0 Å². The molecule has 0 amide bonds. The van der Waals surface area contributed by atoms with Gasteiger partial charge in [-0.2, -0.15) is 0 Å². The van der Waals surface area contributed by atoms with E-state index >= 15 is 0 Å². The van der Waals surface area contributed by atoms with Crippen LogP contribution in [0.3, 0.4) is 0 Å². The molecule has 7 heavy (non-hydrogen) atoms. The number of nitrogens with one attached hydrogen (secondary N) is 2. The molecule has 0 aromatic heterocycles. The van der Waals surface area contributed by atoms with Crippen LogP contribution in [-0.2, 0) is 0 Å². The fourth-order valence-corrected chi connectivity index (χ4v) is 0.638. The van der Waals surface area contributed by atoms with Crippen molar-refractivity contribution in [3.8, 4) is 0 Å². The molecule has 0 saturated carbocycles. The summed E-state index contributed by atoms with van der Waals surface area (Å²) < 4.78 is 2.17. The first-order chi connectivity index (χ1) is 3.39. The molecule has 0 spiro atoms. The highest BCUT2D eigenvalue weighted by atomic mass is 15.1. The third kappa shape index (κ3) is 1.55. The molecule has 0 aromatic rings. The predicted octanol–water partition coefficient (Wildman–Crippen LogP) is -3.09. The minimum absolute atomic E-state index is 0.949. The molecule has 1 aliphatic heterocycles. The number of nitrogens with zero attached hydrogens (tertiary/aromatic N) is 1. The van der Waals surface area contributed by atoms with Crippen LogP contribution in [0.4, 0.5) is 0 Å². The summed E-state index contributed by atoms with van der Waals surface area (Å²) >= 11 is 0. The predicted molar refractivity (Wildman–Crippen MR) is 35.5 cm³/mol. The Balaban J connectivity index is 2.12. The molecule has 1 fully saturated rings. The summed E-state index contributed by atoms with van der Waals surface area (Å²) in [6.45, 7) is 0. The van der Waals surface area contributed by atoms with Crippen molar-refractivity contribution in [1.29, 1.82) is 0 Å². The second kappa shape index (κ2) is 2.40. The van der Waals surface area contributed by atoms with Crippen molar-refractivity contribution in [2.75, 3.05) is 7.05 Å². The van der Waals surface area contributed by atoms with E-state index in [2.05, 4.69) is 22.0 Å². The molecule has 1 aliphatic rings. The van der Waals surface area contributed by atoms with Gasteiger partial charge in [0.15, 0.2) is 0 Å². The Bertz CT molecular complexity index is 52.1. The maximum Gasteiger partial charge on any atom is 0.267 e. The molecule has 1 rings (SSSR count). The van der Waals surface area contributed by atoms with Crippen LogP contribution < -0.4 is 10.3 Å². The van der Waals surface area contributed by atoms with Gasteiger partial charge in [0.05, 0.1) is 0 Å². The van der Waals surface area contributed by atoms with Crippen molar-refractivity contribution in [2.24, 2.45) is 0 Å². The van der Waals surface area contributed by atoms with Gasteiger partial charge in [0, 0.05) is 0 Å². The first-order valence-corrected chi connectivity index (χ1v) is 2.49. The lowest BCUT2D eigenvalue weighted by Gasteiger charge is -2.19. The lowest BCUT2D eigenvalue weighted by atomic mass is 9.82. The highest BCUT2D eigenvalue weighted by Gasteiger charge is 2.06. The molecule has 0 aliphatic carbocycles. The van der Waals surface area contributed by atoms with Gasteiger partial charge in [0.25, 0.3) is 22.6 Å². The zero-order chi connectivity index (χ0) is 5.11.